The number of rotatable bonds is 7. The number of aromatic nitrogens is 3. The molecule has 0 fully saturated rings. The van der Waals surface area contributed by atoms with Gasteiger partial charge in [0, 0.05) is 17.1 Å². The fraction of sp³-hybridized carbons (Fsp3) is 0.0357. The molecular formula is C28H17ClF2N4O4. The molecule has 0 saturated heterocycles. The molecule has 0 aliphatic rings. The summed E-state index contributed by atoms with van der Waals surface area (Å²) in [5.41, 5.74) is 1.72. The first-order valence-corrected chi connectivity index (χ1v) is 11.8. The number of nitrogens with zero attached hydrogens (tertiary/aromatic N) is 3. The lowest BCUT2D eigenvalue weighted by molar-refractivity contribution is 0.0696. The van der Waals surface area contributed by atoms with Gasteiger partial charge in [0.05, 0.1) is 5.56 Å². The van der Waals surface area contributed by atoms with Crippen LogP contribution in [0.4, 0.5) is 8.78 Å². The predicted molar refractivity (Wildman–Crippen MR) is 138 cm³/mol. The molecule has 194 valence electrons. The van der Waals surface area contributed by atoms with Crippen molar-refractivity contribution in [3.63, 3.8) is 0 Å². The van der Waals surface area contributed by atoms with Gasteiger partial charge in [-0.15, -0.1) is 10.2 Å². The summed E-state index contributed by atoms with van der Waals surface area (Å²) in [6, 6.07) is 18.3. The lowest BCUT2D eigenvalue weighted by Gasteiger charge is -2.12. The number of pyridine rings is 1. The molecule has 2 aromatic heterocycles. The number of amides is 1. The van der Waals surface area contributed by atoms with Crippen LogP contribution in [0.3, 0.4) is 0 Å². The Hall–Kier alpha value is -4.96. The largest absolute Gasteiger partial charge is 0.478 e. The third kappa shape index (κ3) is 5.23. The van der Waals surface area contributed by atoms with E-state index in [-0.39, 0.29) is 40.4 Å². The average Bonchev–Trinajstić information content (AvgIpc) is 3.37. The molecule has 0 radical (unpaired) electrons. The van der Waals surface area contributed by atoms with E-state index in [1.807, 2.05) is 0 Å². The first kappa shape index (κ1) is 25.7. The van der Waals surface area contributed by atoms with Crippen LogP contribution in [0.5, 0.6) is 0 Å². The molecule has 0 aliphatic carbocycles. The van der Waals surface area contributed by atoms with E-state index in [1.54, 1.807) is 24.3 Å². The minimum Gasteiger partial charge on any atom is -0.478 e. The molecule has 0 spiro atoms. The second kappa shape index (κ2) is 10.4. The maximum absolute atomic E-state index is 14.0. The topological polar surface area (TPSA) is 114 Å². The van der Waals surface area contributed by atoms with Gasteiger partial charge < -0.3 is 10.4 Å². The van der Waals surface area contributed by atoms with Crippen molar-refractivity contribution in [2.45, 2.75) is 6.54 Å². The van der Waals surface area contributed by atoms with Crippen molar-refractivity contribution in [2.24, 2.45) is 0 Å². The Kier molecular flexibility index (Phi) is 6.86. The Labute approximate surface area is 224 Å². The van der Waals surface area contributed by atoms with Gasteiger partial charge in [-0.25, -0.2) is 13.6 Å². The van der Waals surface area contributed by atoms with Crippen LogP contribution in [-0.4, -0.2) is 37.4 Å². The van der Waals surface area contributed by atoms with Gasteiger partial charge in [0.2, 0.25) is 11.6 Å². The van der Waals surface area contributed by atoms with Gasteiger partial charge in [0.15, 0.2) is 17.3 Å². The number of carboxylic acids is 1. The molecule has 3 aromatic carbocycles. The number of ketones is 1. The van der Waals surface area contributed by atoms with E-state index < -0.39 is 29.3 Å². The molecule has 2 heterocycles. The van der Waals surface area contributed by atoms with Crippen molar-refractivity contribution in [3.05, 3.63) is 124 Å². The monoisotopic (exact) mass is 546 g/mol. The number of halogens is 3. The van der Waals surface area contributed by atoms with E-state index in [2.05, 4.69) is 15.5 Å². The summed E-state index contributed by atoms with van der Waals surface area (Å²) in [6.45, 7) is 0.0399. The van der Waals surface area contributed by atoms with Crippen molar-refractivity contribution in [1.82, 2.24) is 19.9 Å². The summed E-state index contributed by atoms with van der Waals surface area (Å²) in [7, 11) is 0. The molecule has 8 nitrogen and oxygen atoms in total. The van der Waals surface area contributed by atoms with Crippen LogP contribution in [0.2, 0.25) is 5.02 Å². The SMILES string of the molecule is O=C(O)c1ccc(CNC(=O)c2cc(-c3ccc(F)c(F)c3)cc3nnc(C(=O)c4ccc(Cl)cc4)n23)cc1. The van der Waals surface area contributed by atoms with Gasteiger partial charge in [0.25, 0.3) is 5.91 Å². The highest BCUT2D eigenvalue weighted by molar-refractivity contribution is 6.30. The Balaban J connectivity index is 1.57. The Morgan fingerprint density at radius 2 is 1.51 bits per heavy atom. The van der Waals surface area contributed by atoms with Crippen LogP contribution in [0.1, 0.15) is 42.6 Å². The summed E-state index contributed by atoms with van der Waals surface area (Å²) in [4.78, 5) is 37.8. The van der Waals surface area contributed by atoms with Crippen molar-refractivity contribution in [1.29, 1.82) is 0 Å². The van der Waals surface area contributed by atoms with Crippen LogP contribution < -0.4 is 5.32 Å². The molecule has 5 aromatic rings. The van der Waals surface area contributed by atoms with E-state index in [0.29, 0.717) is 16.1 Å². The lowest BCUT2D eigenvalue weighted by Crippen LogP contribution is -2.26. The Bertz CT molecular complexity index is 1750. The molecule has 0 aliphatic heterocycles. The minimum atomic E-state index is -1.08. The summed E-state index contributed by atoms with van der Waals surface area (Å²) < 4.78 is 28.8. The number of carbonyl (C=O) groups is 3. The fourth-order valence-corrected chi connectivity index (χ4v) is 4.07. The van der Waals surface area contributed by atoms with Crippen LogP contribution in [0, 0.1) is 11.6 Å². The number of benzene rings is 3. The molecule has 0 atom stereocenters. The number of fused-ring (bicyclic) bond motifs is 1. The molecule has 0 saturated carbocycles. The predicted octanol–water partition coefficient (Wildman–Crippen LogP) is 5.19. The molecule has 2 N–H and O–H groups in total. The van der Waals surface area contributed by atoms with Gasteiger partial charge in [-0.1, -0.05) is 29.8 Å². The van der Waals surface area contributed by atoms with Crippen molar-refractivity contribution < 1.29 is 28.3 Å². The third-order valence-corrected chi connectivity index (χ3v) is 6.21. The zero-order valence-electron chi connectivity index (χ0n) is 19.9. The highest BCUT2D eigenvalue weighted by atomic mass is 35.5. The second-order valence-corrected chi connectivity index (χ2v) is 8.93. The van der Waals surface area contributed by atoms with Gasteiger partial charge >= 0.3 is 5.97 Å². The van der Waals surface area contributed by atoms with Crippen molar-refractivity contribution >= 4 is 34.9 Å². The summed E-state index contributed by atoms with van der Waals surface area (Å²) in [5, 5.41) is 20.3. The molecule has 39 heavy (non-hydrogen) atoms. The molecule has 5 rings (SSSR count). The molecule has 0 unspecified atom stereocenters. The second-order valence-electron chi connectivity index (χ2n) is 8.50. The number of nitrogens with one attached hydrogen (secondary N) is 1. The number of hydrogen-bond donors (Lipinski definition) is 2. The van der Waals surface area contributed by atoms with E-state index >= 15 is 0 Å². The van der Waals surface area contributed by atoms with Gasteiger partial charge in [-0.2, -0.15) is 0 Å². The molecule has 1 amide bonds. The molecular weight excluding hydrogens is 530 g/mol. The van der Waals surface area contributed by atoms with Crippen molar-refractivity contribution in [3.8, 4) is 11.1 Å². The smallest absolute Gasteiger partial charge is 0.335 e. The maximum Gasteiger partial charge on any atom is 0.335 e. The Morgan fingerprint density at radius 1 is 0.821 bits per heavy atom. The van der Waals surface area contributed by atoms with Crippen LogP contribution in [0.15, 0.2) is 78.9 Å². The van der Waals surface area contributed by atoms with E-state index in [4.69, 9.17) is 16.7 Å². The van der Waals surface area contributed by atoms with Crippen molar-refractivity contribution in [2.75, 3.05) is 0 Å². The van der Waals surface area contributed by atoms with E-state index in [1.165, 1.54) is 46.9 Å². The van der Waals surface area contributed by atoms with Gasteiger partial charge in [-0.3, -0.25) is 14.0 Å². The average molecular weight is 547 g/mol. The van der Waals surface area contributed by atoms with Gasteiger partial charge in [-0.05, 0) is 77.4 Å². The first-order valence-electron chi connectivity index (χ1n) is 11.5. The third-order valence-electron chi connectivity index (χ3n) is 5.95. The number of hydrogen-bond acceptors (Lipinski definition) is 5. The van der Waals surface area contributed by atoms with Crippen LogP contribution in [-0.2, 0) is 6.54 Å². The summed E-state index contributed by atoms with van der Waals surface area (Å²) >= 11 is 5.93. The highest BCUT2D eigenvalue weighted by Crippen LogP contribution is 2.26. The zero-order valence-corrected chi connectivity index (χ0v) is 20.6. The van der Waals surface area contributed by atoms with Crippen LogP contribution in [0.25, 0.3) is 16.8 Å². The number of carbonyl (C=O) groups excluding carboxylic acids is 2. The quantitative estimate of drug-likeness (QED) is 0.272. The summed E-state index contributed by atoms with van der Waals surface area (Å²) in [5.74, 6) is -4.43. The highest BCUT2D eigenvalue weighted by Gasteiger charge is 2.23. The van der Waals surface area contributed by atoms with E-state index in [0.717, 1.165) is 12.1 Å². The minimum absolute atomic E-state index is 0.0308. The van der Waals surface area contributed by atoms with E-state index in [9.17, 15) is 23.2 Å². The fourth-order valence-electron chi connectivity index (χ4n) is 3.94. The zero-order chi connectivity index (χ0) is 27.7. The molecule has 0 bridgehead atoms. The van der Waals surface area contributed by atoms with Crippen LogP contribution >= 0.6 is 11.6 Å². The number of aromatic carboxylic acids is 1. The lowest BCUT2D eigenvalue weighted by atomic mass is 10.0. The first-order chi connectivity index (χ1) is 18.7. The standard InChI is InChI=1S/C28H17ClF2N4O4/c29-20-8-5-16(6-9-20)25(36)26-34-33-24-13-19(18-7-10-21(30)22(31)11-18)12-23(35(24)26)27(37)32-14-15-1-3-17(4-2-15)28(38)39/h1-13H,14H2,(H,32,37)(H,38,39). The maximum atomic E-state index is 14.0. The summed E-state index contributed by atoms with van der Waals surface area (Å²) in [6.07, 6.45) is 0. The normalized spacial score (nSPS) is 10.9. The Morgan fingerprint density at radius 3 is 2.18 bits per heavy atom. The van der Waals surface area contributed by atoms with Gasteiger partial charge in [0.1, 0.15) is 5.69 Å². The number of carboxylic acid groups (broad SMARTS) is 1. The molecule has 11 heteroatoms.